The summed E-state index contributed by atoms with van der Waals surface area (Å²) in [6, 6.07) is 3.94. The Labute approximate surface area is 64.7 Å². The zero-order chi connectivity index (χ0) is 7.84. The molecule has 0 amide bonds. The van der Waals surface area contributed by atoms with Crippen LogP contribution >= 0.6 is 0 Å². The van der Waals surface area contributed by atoms with Gasteiger partial charge in [0, 0.05) is 13.2 Å². The maximum absolute atomic E-state index is 4.26. The van der Waals surface area contributed by atoms with Crippen LogP contribution < -0.4 is 0 Å². The van der Waals surface area contributed by atoms with E-state index in [2.05, 4.69) is 9.97 Å². The lowest BCUT2D eigenvalue weighted by Crippen LogP contribution is -1.89. The minimum Gasteiger partial charge on any atom is -0.330 e. The summed E-state index contributed by atoms with van der Waals surface area (Å²) in [7, 11) is 1.99. The molecule has 2 aromatic heterocycles. The fourth-order valence-electron chi connectivity index (χ4n) is 1.14. The Bertz CT molecular complexity index is 389. The molecule has 0 aliphatic carbocycles. The van der Waals surface area contributed by atoms with Gasteiger partial charge in [0.15, 0.2) is 5.65 Å². The summed E-state index contributed by atoms with van der Waals surface area (Å²) < 4.78 is 2.03. The van der Waals surface area contributed by atoms with E-state index < -0.39 is 0 Å². The van der Waals surface area contributed by atoms with E-state index in [9.17, 15) is 0 Å². The van der Waals surface area contributed by atoms with E-state index in [0.29, 0.717) is 0 Å². The van der Waals surface area contributed by atoms with Crippen molar-refractivity contribution >= 4 is 11.2 Å². The number of fused-ring (bicyclic) bond motifs is 1. The Morgan fingerprint density at radius 2 is 2.27 bits per heavy atom. The minimum atomic E-state index is 0.826. The molecule has 0 atom stereocenters. The summed E-state index contributed by atoms with van der Waals surface area (Å²) in [6.45, 7) is 1.97. The summed E-state index contributed by atoms with van der Waals surface area (Å²) in [6.07, 6.45) is 1.76. The van der Waals surface area contributed by atoms with Crippen molar-refractivity contribution in [3.05, 3.63) is 24.2 Å². The first-order chi connectivity index (χ1) is 5.29. The Balaban J connectivity index is 2.92. The molecule has 0 bridgehead atoms. The predicted octanol–water partition coefficient (Wildman–Crippen LogP) is 1.28. The Morgan fingerprint density at radius 3 is 3.00 bits per heavy atom. The van der Waals surface area contributed by atoms with Crippen molar-refractivity contribution in [3.8, 4) is 0 Å². The Hall–Kier alpha value is -1.38. The van der Waals surface area contributed by atoms with Crippen molar-refractivity contribution < 1.29 is 0 Å². The fraction of sp³-hybridized carbons (Fsp3) is 0.250. The molecule has 0 radical (unpaired) electrons. The number of nitrogens with zero attached hydrogens (tertiary/aromatic N) is 3. The van der Waals surface area contributed by atoms with E-state index in [0.717, 1.165) is 17.0 Å². The highest BCUT2D eigenvalue weighted by Gasteiger charge is 2.01. The lowest BCUT2D eigenvalue weighted by molar-refractivity contribution is 0.886. The molecule has 0 aliphatic heterocycles. The van der Waals surface area contributed by atoms with Gasteiger partial charge < -0.3 is 4.57 Å². The highest BCUT2D eigenvalue weighted by atomic mass is 15.1. The van der Waals surface area contributed by atoms with E-state index in [1.165, 1.54) is 0 Å². The van der Waals surface area contributed by atoms with Crippen molar-refractivity contribution in [3.63, 3.8) is 0 Å². The van der Waals surface area contributed by atoms with Gasteiger partial charge in [0.25, 0.3) is 0 Å². The van der Waals surface area contributed by atoms with Gasteiger partial charge in [-0.05, 0) is 19.1 Å². The highest BCUT2D eigenvalue weighted by Crippen LogP contribution is 2.09. The zero-order valence-electron chi connectivity index (χ0n) is 6.57. The monoisotopic (exact) mass is 147 g/mol. The van der Waals surface area contributed by atoms with Crippen LogP contribution in [-0.4, -0.2) is 14.5 Å². The van der Waals surface area contributed by atoms with E-state index in [4.69, 9.17) is 0 Å². The molecule has 3 nitrogen and oxygen atoms in total. The average molecular weight is 147 g/mol. The van der Waals surface area contributed by atoms with Gasteiger partial charge in [0.2, 0.25) is 0 Å². The molecule has 2 rings (SSSR count). The van der Waals surface area contributed by atoms with Crippen LogP contribution in [0.15, 0.2) is 18.3 Å². The number of rotatable bonds is 0. The van der Waals surface area contributed by atoms with E-state index in [-0.39, 0.29) is 0 Å². The van der Waals surface area contributed by atoms with Crippen LogP contribution in [-0.2, 0) is 7.05 Å². The fourth-order valence-corrected chi connectivity index (χ4v) is 1.14. The summed E-state index contributed by atoms with van der Waals surface area (Å²) in [5.41, 5.74) is 1.91. The molecule has 2 aromatic rings. The van der Waals surface area contributed by atoms with Crippen LogP contribution in [0, 0.1) is 6.92 Å². The average Bonchev–Trinajstić information content (AvgIpc) is 2.30. The Morgan fingerprint density at radius 1 is 1.45 bits per heavy atom. The van der Waals surface area contributed by atoms with Gasteiger partial charge in [-0.25, -0.2) is 9.97 Å². The maximum atomic E-state index is 4.26. The van der Waals surface area contributed by atoms with Gasteiger partial charge >= 0.3 is 0 Å². The number of hydrogen-bond acceptors (Lipinski definition) is 2. The summed E-state index contributed by atoms with van der Waals surface area (Å²) >= 11 is 0. The first-order valence-electron chi connectivity index (χ1n) is 3.53. The second kappa shape index (κ2) is 2.05. The smallest absolute Gasteiger partial charge is 0.177 e. The molecule has 0 saturated carbocycles. The van der Waals surface area contributed by atoms with E-state index in [1.807, 2.05) is 30.7 Å². The van der Waals surface area contributed by atoms with Crippen LogP contribution in [0.4, 0.5) is 0 Å². The summed E-state index contributed by atoms with van der Waals surface area (Å²) in [4.78, 5) is 8.40. The highest BCUT2D eigenvalue weighted by molar-refractivity contribution is 5.70. The summed E-state index contributed by atoms with van der Waals surface area (Å²) in [5, 5.41) is 0. The molecule has 2 heterocycles. The minimum absolute atomic E-state index is 0.826. The lowest BCUT2D eigenvalue weighted by atomic mass is 10.4. The van der Waals surface area contributed by atoms with Crippen LogP contribution in [0.5, 0.6) is 0 Å². The van der Waals surface area contributed by atoms with Gasteiger partial charge in [-0.1, -0.05) is 0 Å². The third-order valence-corrected chi connectivity index (χ3v) is 1.88. The van der Waals surface area contributed by atoms with Crippen molar-refractivity contribution in [2.75, 3.05) is 0 Å². The van der Waals surface area contributed by atoms with Gasteiger partial charge in [0.1, 0.15) is 5.82 Å². The molecule has 3 heteroatoms. The second-order valence-corrected chi connectivity index (χ2v) is 2.56. The standard InChI is InChI=1S/C8H9N3/c1-6-10-8-7(11(6)2)4-3-5-9-8/h3-5H,1-2H3. The SMILES string of the molecule is Cc1nc2ncccc2n1C. The third-order valence-electron chi connectivity index (χ3n) is 1.88. The molecule has 0 unspecified atom stereocenters. The molecular formula is C8H9N3. The molecule has 0 saturated heterocycles. The molecular weight excluding hydrogens is 138 g/mol. The van der Waals surface area contributed by atoms with Crippen molar-refractivity contribution in [1.82, 2.24) is 14.5 Å². The maximum Gasteiger partial charge on any atom is 0.177 e. The van der Waals surface area contributed by atoms with Crippen LogP contribution in [0.1, 0.15) is 5.82 Å². The van der Waals surface area contributed by atoms with E-state index >= 15 is 0 Å². The predicted molar refractivity (Wildman–Crippen MR) is 43.2 cm³/mol. The largest absolute Gasteiger partial charge is 0.330 e. The number of imidazole rings is 1. The van der Waals surface area contributed by atoms with Crippen molar-refractivity contribution in [1.29, 1.82) is 0 Å². The van der Waals surface area contributed by atoms with E-state index in [1.54, 1.807) is 6.20 Å². The molecule has 56 valence electrons. The van der Waals surface area contributed by atoms with Crippen molar-refractivity contribution in [2.45, 2.75) is 6.92 Å². The zero-order valence-corrected chi connectivity index (χ0v) is 6.57. The van der Waals surface area contributed by atoms with Gasteiger partial charge in [-0.3, -0.25) is 0 Å². The van der Waals surface area contributed by atoms with Crippen LogP contribution in [0.2, 0.25) is 0 Å². The number of pyridine rings is 1. The Kier molecular flexibility index (Phi) is 1.18. The van der Waals surface area contributed by atoms with Crippen LogP contribution in [0.25, 0.3) is 11.2 Å². The first kappa shape index (κ1) is 6.34. The number of hydrogen-bond donors (Lipinski definition) is 0. The summed E-state index contributed by atoms with van der Waals surface area (Å²) in [5.74, 6) is 0.999. The lowest BCUT2D eigenvalue weighted by Gasteiger charge is -1.93. The van der Waals surface area contributed by atoms with Gasteiger partial charge in [-0.2, -0.15) is 0 Å². The molecule has 0 N–H and O–H groups in total. The number of aromatic nitrogens is 3. The van der Waals surface area contributed by atoms with Crippen LogP contribution in [0.3, 0.4) is 0 Å². The first-order valence-corrected chi connectivity index (χ1v) is 3.53. The molecule has 0 aliphatic rings. The topological polar surface area (TPSA) is 30.7 Å². The third kappa shape index (κ3) is 0.808. The molecule has 0 fully saturated rings. The number of aryl methyl sites for hydroxylation is 2. The normalized spacial score (nSPS) is 10.7. The molecule has 0 spiro atoms. The second-order valence-electron chi connectivity index (χ2n) is 2.56. The molecule has 0 aromatic carbocycles. The van der Waals surface area contributed by atoms with Gasteiger partial charge in [0.05, 0.1) is 5.52 Å². The molecule has 11 heavy (non-hydrogen) atoms. The van der Waals surface area contributed by atoms with Crippen molar-refractivity contribution in [2.24, 2.45) is 7.05 Å². The van der Waals surface area contributed by atoms with Gasteiger partial charge in [-0.15, -0.1) is 0 Å². The quantitative estimate of drug-likeness (QED) is 0.562.